The molecule has 0 aliphatic rings. The molecule has 4 heteroatoms. The Hall–Kier alpha value is -2.62. The SMILES string of the molecule is Nc1ccc(-c2ccncc2)cc1-n1ccnc1. The summed E-state index contributed by atoms with van der Waals surface area (Å²) < 4.78 is 1.90. The molecule has 1 aromatic carbocycles. The van der Waals surface area contributed by atoms with Crippen LogP contribution in [0.25, 0.3) is 16.8 Å². The second-order valence-electron chi connectivity index (χ2n) is 3.98. The molecule has 3 aromatic rings. The van der Waals surface area contributed by atoms with Gasteiger partial charge in [-0.3, -0.25) is 4.98 Å². The third-order valence-corrected chi connectivity index (χ3v) is 2.83. The van der Waals surface area contributed by atoms with Crippen molar-refractivity contribution in [3.63, 3.8) is 0 Å². The molecular weight excluding hydrogens is 224 g/mol. The van der Waals surface area contributed by atoms with Crippen molar-refractivity contribution < 1.29 is 0 Å². The molecule has 18 heavy (non-hydrogen) atoms. The Morgan fingerprint density at radius 3 is 2.44 bits per heavy atom. The molecule has 0 aliphatic carbocycles. The van der Waals surface area contributed by atoms with Crippen molar-refractivity contribution in [3.05, 3.63) is 61.4 Å². The molecule has 2 aromatic heterocycles. The highest BCUT2D eigenvalue weighted by molar-refractivity contribution is 5.71. The van der Waals surface area contributed by atoms with Crippen molar-refractivity contribution in [2.24, 2.45) is 0 Å². The van der Waals surface area contributed by atoms with E-state index < -0.39 is 0 Å². The molecule has 0 unspecified atom stereocenters. The highest BCUT2D eigenvalue weighted by Gasteiger charge is 2.04. The minimum absolute atomic E-state index is 0.728. The molecule has 0 saturated heterocycles. The zero-order valence-corrected chi connectivity index (χ0v) is 9.69. The molecule has 0 amide bonds. The van der Waals surface area contributed by atoms with Gasteiger partial charge in [-0.2, -0.15) is 0 Å². The molecule has 4 nitrogen and oxygen atoms in total. The summed E-state index contributed by atoms with van der Waals surface area (Å²) in [7, 11) is 0. The van der Waals surface area contributed by atoms with Gasteiger partial charge in [0.15, 0.2) is 0 Å². The molecule has 0 radical (unpaired) electrons. The number of benzene rings is 1. The van der Waals surface area contributed by atoms with E-state index in [0.717, 1.165) is 22.5 Å². The first-order valence-electron chi connectivity index (χ1n) is 5.63. The van der Waals surface area contributed by atoms with Crippen LogP contribution in [0.1, 0.15) is 0 Å². The number of nitrogens with zero attached hydrogens (tertiary/aromatic N) is 3. The van der Waals surface area contributed by atoms with E-state index in [1.807, 2.05) is 41.1 Å². The number of pyridine rings is 1. The molecule has 2 N–H and O–H groups in total. The fourth-order valence-electron chi connectivity index (χ4n) is 1.89. The molecule has 0 fully saturated rings. The second kappa shape index (κ2) is 4.33. The van der Waals surface area contributed by atoms with Gasteiger partial charge in [-0.05, 0) is 35.4 Å². The number of rotatable bonds is 2. The number of anilines is 1. The van der Waals surface area contributed by atoms with Crippen LogP contribution < -0.4 is 5.73 Å². The smallest absolute Gasteiger partial charge is 0.0992 e. The Bertz CT molecular complexity index is 645. The molecule has 88 valence electrons. The van der Waals surface area contributed by atoms with Crippen molar-refractivity contribution in [1.82, 2.24) is 14.5 Å². The summed E-state index contributed by atoms with van der Waals surface area (Å²) in [4.78, 5) is 8.06. The van der Waals surface area contributed by atoms with Gasteiger partial charge in [0, 0.05) is 24.8 Å². The van der Waals surface area contributed by atoms with E-state index >= 15 is 0 Å². The predicted octanol–water partition coefficient (Wildman–Crippen LogP) is 2.52. The monoisotopic (exact) mass is 236 g/mol. The molecular formula is C14H12N4. The van der Waals surface area contributed by atoms with Crippen LogP contribution in [0.4, 0.5) is 5.69 Å². The number of hydrogen-bond acceptors (Lipinski definition) is 3. The van der Waals surface area contributed by atoms with Gasteiger partial charge >= 0.3 is 0 Å². The van der Waals surface area contributed by atoms with Crippen LogP contribution >= 0.6 is 0 Å². The number of aromatic nitrogens is 3. The lowest BCUT2D eigenvalue weighted by Gasteiger charge is -2.09. The molecule has 0 aliphatic heterocycles. The number of nitrogen functional groups attached to an aromatic ring is 1. The predicted molar refractivity (Wildman–Crippen MR) is 71.2 cm³/mol. The first-order valence-corrected chi connectivity index (χ1v) is 5.63. The minimum atomic E-state index is 0.728. The van der Waals surface area contributed by atoms with Crippen LogP contribution in [-0.2, 0) is 0 Å². The van der Waals surface area contributed by atoms with Crippen molar-refractivity contribution in [2.75, 3.05) is 5.73 Å². The fourth-order valence-corrected chi connectivity index (χ4v) is 1.89. The standard InChI is InChI=1S/C14H12N4/c15-13-2-1-12(11-3-5-16-6-4-11)9-14(13)18-8-7-17-10-18/h1-10H,15H2. The van der Waals surface area contributed by atoms with Crippen LogP contribution in [0, 0.1) is 0 Å². The Kier molecular flexibility index (Phi) is 2.53. The van der Waals surface area contributed by atoms with E-state index in [4.69, 9.17) is 5.73 Å². The van der Waals surface area contributed by atoms with Gasteiger partial charge in [-0.1, -0.05) is 6.07 Å². The lowest BCUT2D eigenvalue weighted by atomic mass is 10.1. The molecule has 0 atom stereocenters. The van der Waals surface area contributed by atoms with Gasteiger partial charge in [0.05, 0.1) is 17.7 Å². The molecule has 2 heterocycles. The van der Waals surface area contributed by atoms with E-state index in [-0.39, 0.29) is 0 Å². The number of imidazole rings is 1. The second-order valence-corrected chi connectivity index (χ2v) is 3.98. The average Bonchev–Trinajstić information content (AvgIpc) is 2.94. The maximum Gasteiger partial charge on any atom is 0.0992 e. The number of nitrogens with two attached hydrogens (primary N) is 1. The third-order valence-electron chi connectivity index (χ3n) is 2.83. The Labute approximate surface area is 105 Å². The van der Waals surface area contributed by atoms with E-state index in [2.05, 4.69) is 9.97 Å². The summed E-state index contributed by atoms with van der Waals surface area (Å²) >= 11 is 0. The Morgan fingerprint density at radius 2 is 1.72 bits per heavy atom. The van der Waals surface area contributed by atoms with Crippen LogP contribution in [-0.4, -0.2) is 14.5 Å². The summed E-state index contributed by atoms with van der Waals surface area (Å²) in [5.41, 5.74) is 9.88. The van der Waals surface area contributed by atoms with Gasteiger partial charge < -0.3 is 10.3 Å². The molecule has 0 spiro atoms. The summed E-state index contributed by atoms with van der Waals surface area (Å²) in [6.45, 7) is 0. The van der Waals surface area contributed by atoms with Gasteiger partial charge in [-0.15, -0.1) is 0 Å². The summed E-state index contributed by atoms with van der Waals surface area (Å²) in [6.07, 6.45) is 8.91. The topological polar surface area (TPSA) is 56.7 Å². The van der Waals surface area contributed by atoms with E-state index in [0.29, 0.717) is 0 Å². The quantitative estimate of drug-likeness (QED) is 0.695. The fraction of sp³-hybridized carbons (Fsp3) is 0. The Morgan fingerprint density at radius 1 is 0.889 bits per heavy atom. The molecule has 0 saturated carbocycles. The van der Waals surface area contributed by atoms with Gasteiger partial charge in [0.2, 0.25) is 0 Å². The van der Waals surface area contributed by atoms with Crippen LogP contribution in [0.5, 0.6) is 0 Å². The Balaban J connectivity index is 2.12. The van der Waals surface area contributed by atoms with E-state index in [1.54, 1.807) is 24.9 Å². The average molecular weight is 236 g/mol. The lowest BCUT2D eigenvalue weighted by molar-refractivity contribution is 1.06. The highest BCUT2D eigenvalue weighted by atomic mass is 15.0. The van der Waals surface area contributed by atoms with Crippen molar-refractivity contribution >= 4 is 5.69 Å². The maximum atomic E-state index is 6.00. The first-order chi connectivity index (χ1) is 8.84. The zero-order valence-electron chi connectivity index (χ0n) is 9.69. The number of hydrogen-bond donors (Lipinski definition) is 1. The third kappa shape index (κ3) is 1.84. The van der Waals surface area contributed by atoms with Crippen LogP contribution in [0.15, 0.2) is 61.4 Å². The summed E-state index contributed by atoms with van der Waals surface area (Å²) in [5, 5.41) is 0. The van der Waals surface area contributed by atoms with Gasteiger partial charge in [0.25, 0.3) is 0 Å². The van der Waals surface area contributed by atoms with Crippen LogP contribution in [0.3, 0.4) is 0 Å². The largest absolute Gasteiger partial charge is 0.397 e. The van der Waals surface area contributed by atoms with Crippen LogP contribution in [0.2, 0.25) is 0 Å². The van der Waals surface area contributed by atoms with Gasteiger partial charge in [-0.25, -0.2) is 4.98 Å². The van der Waals surface area contributed by atoms with Crippen molar-refractivity contribution in [3.8, 4) is 16.8 Å². The lowest BCUT2D eigenvalue weighted by Crippen LogP contribution is -1.97. The zero-order chi connectivity index (χ0) is 12.4. The summed E-state index contributed by atoms with van der Waals surface area (Å²) in [5.74, 6) is 0. The normalized spacial score (nSPS) is 10.4. The van der Waals surface area contributed by atoms with E-state index in [1.165, 1.54) is 0 Å². The van der Waals surface area contributed by atoms with Crippen molar-refractivity contribution in [1.29, 1.82) is 0 Å². The summed E-state index contributed by atoms with van der Waals surface area (Å²) in [6, 6.07) is 9.91. The van der Waals surface area contributed by atoms with Crippen molar-refractivity contribution in [2.45, 2.75) is 0 Å². The van der Waals surface area contributed by atoms with E-state index in [9.17, 15) is 0 Å². The maximum absolute atomic E-state index is 6.00. The molecule has 0 bridgehead atoms. The minimum Gasteiger partial charge on any atom is -0.397 e. The van der Waals surface area contributed by atoms with Gasteiger partial charge in [0.1, 0.15) is 0 Å². The highest BCUT2D eigenvalue weighted by Crippen LogP contribution is 2.25. The first kappa shape index (κ1) is 10.5. The molecule has 3 rings (SSSR count).